The maximum Gasteiger partial charge on any atom is 0.253 e. The lowest BCUT2D eigenvalue weighted by Gasteiger charge is -2.34. The molecule has 0 bridgehead atoms. The highest BCUT2D eigenvalue weighted by atomic mass is 19.1. The minimum absolute atomic E-state index is 0.00828. The number of amides is 1. The van der Waals surface area contributed by atoms with Crippen LogP contribution in [0.25, 0.3) is 11.0 Å². The van der Waals surface area contributed by atoms with Crippen molar-refractivity contribution in [2.24, 2.45) is 0 Å². The van der Waals surface area contributed by atoms with E-state index in [1.807, 2.05) is 54.7 Å². The molecule has 50 heavy (non-hydrogen) atoms. The number of nitrogens with one attached hydrogen (secondary N) is 1. The van der Waals surface area contributed by atoms with Crippen LogP contribution in [0.2, 0.25) is 0 Å². The number of fused-ring (bicyclic) bond motifs is 1. The molecule has 5 aromatic rings. The SMILES string of the molecule is COc1cc(C(=O)N(C)CC(CCN2CCC(Nc3nc4ccccc4n3Cc3ccccn3)CC2)c2ccc(F)cc2)cc(OC)c1OC. The number of piperidine rings is 1. The summed E-state index contributed by atoms with van der Waals surface area (Å²) in [5, 5.41) is 3.75. The van der Waals surface area contributed by atoms with Crippen LogP contribution in [0.1, 0.15) is 46.8 Å². The number of hydrogen-bond donors (Lipinski definition) is 1. The quantitative estimate of drug-likeness (QED) is 0.143. The third kappa shape index (κ3) is 8.00. The number of carbonyl (C=O) groups is 1. The van der Waals surface area contributed by atoms with E-state index in [9.17, 15) is 9.18 Å². The Bertz CT molecular complexity index is 1850. The zero-order valence-electron chi connectivity index (χ0n) is 29.1. The number of halogens is 1. The van der Waals surface area contributed by atoms with Gasteiger partial charge in [-0.3, -0.25) is 9.78 Å². The molecule has 11 heteroatoms. The van der Waals surface area contributed by atoms with Crippen molar-refractivity contribution in [2.75, 3.05) is 59.9 Å². The number of rotatable bonds is 14. The summed E-state index contributed by atoms with van der Waals surface area (Å²) in [7, 11) is 6.38. The summed E-state index contributed by atoms with van der Waals surface area (Å²) in [4.78, 5) is 27.3. The van der Waals surface area contributed by atoms with Crippen molar-refractivity contribution in [1.82, 2.24) is 24.3 Å². The van der Waals surface area contributed by atoms with Crippen LogP contribution in [0.3, 0.4) is 0 Å². The Labute approximate surface area is 292 Å². The number of carbonyl (C=O) groups excluding carboxylic acids is 1. The standard InChI is InChI=1S/C39H45FN6O4/c1-44(38(47)29-23-35(48-2)37(50-4)36(24-29)49-3)25-28(27-12-14-30(40)15-13-27)16-20-45-21-17-31(18-22-45)42-39-43-33-10-5-6-11-34(33)46(39)26-32-9-7-8-19-41-32/h5-15,19,23-24,28,31H,16-18,20-22,25-26H2,1-4H3,(H,42,43). The van der Waals surface area contributed by atoms with Gasteiger partial charge in [-0.05, 0) is 79.9 Å². The fourth-order valence-electron chi connectivity index (χ4n) is 6.76. The molecule has 1 amide bonds. The topological polar surface area (TPSA) is 94.0 Å². The number of ether oxygens (including phenoxy) is 3. The highest BCUT2D eigenvalue weighted by Gasteiger charge is 2.25. The number of methoxy groups -OCH3 is 3. The zero-order chi connectivity index (χ0) is 35.0. The van der Waals surface area contributed by atoms with Crippen molar-refractivity contribution in [1.29, 1.82) is 0 Å². The molecule has 0 saturated carbocycles. The Morgan fingerprint density at radius 3 is 2.32 bits per heavy atom. The molecule has 3 aromatic carbocycles. The van der Waals surface area contributed by atoms with E-state index in [-0.39, 0.29) is 17.6 Å². The van der Waals surface area contributed by atoms with Gasteiger partial charge in [0, 0.05) is 50.4 Å². The average Bonchev–Trinajstić information content (AvgIpc) is 3.49. The van der Waals surface area contributed by atoms with Crippen LogP contribution >= 0.6 is 0 Å². The second-order valence-corrected chi connectivity index (χ2v) is 12.7. The number of para-hydroxylation sites is 2. The molecule has 6 rings (SSSR count). The number of likely N-dealkylation sites (N-methyl/N-ethyl adjacent to an activating group) is 1. The third-order valence-electron chi connectivity index (χ3n) is 9.51. The molecule has 1 saturated heterocycles. The molecule has 262 valence electrons. The van der Waals surface area contributed by atoms with Gasteiger partial charge >= 0.3 is 0 Å². The number of aromatic nitrogens is 3. The van der Waals surface area contributed by atoms with Crippen LogP contribution in [0.15, 0.2) is 85.1 Å². The van der Waals surface area contributed by atoms with Crippen LogP contribution in [0, 0.1) is 5.82 Å². The summed E-state index contributed by atoms with van der Waals surface area (Å²) in [6.45, 7) is 3.84. The zero-order valence-corrected chi connectivity index (χ0v) is 29.1. The van der Waals surface area contributed by atoms with Crippen molar-refractivity contribution in [3.05, 3.63) is 108 Å². The van der Waals surface area contributed by atoms with Crippen LogP contribution < -0.4 is 19.5 Å². The normalized spacial score (nSPS) is 14.3. The first-order chi connectivity index (χ1) is 24.4. The highest BCUT2D eigenvalue weighted by Crippen LogP contribution is 2.38. The lowest BCUT2D eigenvalue weighted by molar-refractivity contribution is 0.0781. The number of pyridine rings is 1. The first-order valence-electron chi connectivity index (χ1n) is 17.0. The summed E-state index contributed by atoms with van der Waals surface area (Å²) in [5.41, 5.74) is 4.46. The van der Waals surface area contributed by atoms with Gasteiger partial charge in [-0.15, -0.1) is 0 Å². The van der Waals surface area contributed by atoms with Gasteiger partial charge in [0.15, 0.2) is 11.5 Å². The Morgan fingerprint density at radius 1 is 0.960 bits per heavy atom. The van der Waals surface area contributed by atoms with Crippen LogP contribution in [-0.4, -0.2) is 90.8 Å². The van der Waals surface area contributed by atoms with Gasteiger partial charge < -0.3 is 33.9 Å². The molecule has 1 aliphatic rings. The van der Waals surface area contributed by atoms with Crippen molar-refractivity contribution < 1.29 is 23.4 Å². The molecule has 1 aliphatic heterocycles. The molecule has 0 aliphatic carbocycles. The number of anilines is 1. The molecule has 1 N–H and O–H groups in total. The van der Waals surface area contributed by atoms with Crippen LogP contribution in [-0.2, 0) is 6.54 Å². The number of imidazole rings is 1. The van der Waals surface area contributed by atoms with Gasteiger partial charge in [0.05, 0.1) is 44.6 Å². The summed E-state index contributed by atoms with van der Waals surface area (Å²) in [5.74, 6) is 1.69. The minimum Gasteiger partial charge on any atom is -0.493 e. The van der Waals surface area contributed by atoms with Gasteiger partial charge in [-0.25, -0.2) is 9.37 Å². The molecule has 1 atom stereocenters. The molecule has 1 unspecified atom stereocenters. The lowest BCUT2D eigenvalue weighted by atomic mass is 9.94. The van der Waals surface area contributed by atoms with Crippen LogP contribution in [0.5, 0.6) is 17.2 Å². The molecule has 3 heterocycles. The lowest BCUT2D eigenvalue weighted by Crippen LogP contribution is -2.40. The summed E-state index contributed by atoms with van der Waals surface area (Å²) in [6, 6.07) is 24.4. The fourth-order valence-corrected chi connectivity index (χ4v) is 6.76. The van der Waals surface area contributed by atoms with E-state index >= 15 is 0 Å². The van der Waals surface area contributed by atoms with Crippen molar-refractivity contribution in [3.63, 3.8) is 0 Å². The van der Waals surface area contributed by atoms with Gasteiger partial charge in [-0.1, -0.05) is 30.3 Å². The second-order valence-electron chi connectivity index (χ2n) is 12.7. The Morgan fingerprint density at radius 2 is 1.66 bits per heavy atom. The highest BCUT2D eigenvalue weighted by molar-refractivity contribution is 5.95. The molecule has 0 spiro atoms. The summed E-state index contributed by atoms with van der Waals surface area (Å²) < 4.78 is 32.5. The van der Waals surface area contributed by atoms with Gasteiger partial charge in [0.1, 0.15) is 5.82 Å². The maximum absolute atomic E-state index is 13.9. The molecule has 10 nitrogen and oxygen atoms in total. The number of hydrogen-bond acceptors (Lipinski definition) is 8. The minimum atomic E-state index is -0.280. The first kappa shape index (κ1) is 34.7. The van der Waals surface area contributed by atoms with E-state index < -0.39 is 0 Å². The van der Waals surface area contributed by atoms with Crippen molar-refractivity contribution in [3.8, 4) is 17.2 Å². The largest absolute Gasteiger partial charge is 0.493 e. The first-order valence-corrected chi connectivity index (χ1v) is 17.0. The summed E-state index contributed by atoms with van der Waals surface area (Å²) in [6.07, 6.45) is 4.60. The van der Waals surface area contributed by atoms with Crippen molar-refractivity contribution in [2.45, 2.75) is 37.8 Å². The van der Waals surface area contributed by atoms with E-state index in [4.69, 9.17) is 19.2 Å². The molecule has 0 radical (unpaired) electrons. The van der Waals surface area contributed by atoms with E-state index in [1.54, 1.807) is 24.1 Å². The van der Waals surface area contributed by atoms with Crippen molar-refractivity contribution >= 4 is 22.9 Å². The van der Waals surface area contributed by atoms with Gasteiger partial charge in [0.2, 0.25) is 11.7 Å². The summed E-state index contributed by atoms with van der Waals surface area (Å²) >= 11 is 0. The second kappa shape index (κ2) is 16.0. The number of nitrogens with zero attached hydrogens (tertiary/aromatic N) is 5. The predicted molar refractivity (Wildman–Crippen MR) is 193 cm³/mol. The average molecular weight is 681 g/mol. The molecular formula is C39H45FN6O4. The Hall–Kier alpha value is -5.16. The smallest absolute Gasteiger partial charge is 0.253 e. The van der Waals surface area contributed by atoms with E-state index in [0.717, 1.165) is 67.1 Å². The third-order valence-corrected chi connectivity index (χ3v) is 9.51. The number of benzene rings is 3. The van der Waals surface area contributed by atoms with Crippen LogP contribution in [0.4, 0.5) is 10.3 Å². The van der Waals surface area contributed by atoms with E-state index in [1.165, 1.54) is 33.5 Å². The maximum atomic E-state index is 13.9. The monoisotopic (exact) mass is 680 g/mol. The van der Waals surface area contributed by atoms with E-state index in [2.05, 4.69) is 25.8 Å². The predicted octanol–water partition coefficient (Wildman–Crippen LogP) is 6.47. The Kier molecular flexibility index (Phi) is 11.1. The molecular weight excluding hydrogens is 635 g/mol. The number of likely N-dealkylation sites (tertiary alicyclic amines) is 1. The van der Waals surface area contributed by atoms with Gasteiger partial charge in [-0.2, -0.15) is 0 Å². The van der Waals surface area contributed by atoms with Gasteiger partial charge in [0.25, 0.3) is 5.91 Å². The molecule has 2 aromatic heterocycles. The fraction of sp³-hybridized carbons (Fsp3) is 0.359. The molecule has 1 fully saturated rings. The Balaban J connectivity index is 1.10. The van der Waals surface area contributed by atoms with E-state index in [0.29, 0.717) is 41.9 Å².